The molecule has 15 heavy (non-hydrogen) atoms. The number of nitrogen functional groups attached to an aromatic ring is 1. The number of para-hydroxylation sites is 1. The lowest BCUT2D eigenvalue weighted by Crippen LogP contribution is -1.91. The zero-order chi connectivity index (χ0) is 11.7. The molecule has 0 bridgehead atoms. The Hall–Kier alpha value is -2.30. The lowest BCUT2D eigenvalue weighted by molar-refractivity contribution is -0.134. The maximum Gasteiger partial charge on any atom is 0.328 e. The van der Waals surface area contributed by atoms with Gasteiger partial charge in [-0.15, -0.1) is 0 Å². The number of rotatable bonds is 2. The van der Waals surface area contributed by atoms with Gasteiger partial charge in [0.2, 0.25) is 0 Å². The maximum atomic E-state index is 9.55. The van der Waals surface area contributed by atoms with Crippen molar-refractivity contribution >= 4 is 17.6 Å². The third-order valence-corrected chi connectivity index (χ3v) is 1.17. The van der Waals surface area contributed by atoms with Gasteiger partial charge in [-0.3, -0.25) is 0 Å². The summed E-state index contributed by atoms with van der Waals surface area (Å²) < 4.78 is 0. The van der Waals surface area contributed by atoms with Crippen LogP contribution in [0.25, 0.3) is 0 Å². The lowest BCUT2D eigenvalue weighted by atomic mass is 10.3. The highest BCUT2D eigenvalue weighted by Crippen LogP contribution is 1.95. The predicted molar refractivity (Wildman–Crippen MR) is 55.3 cm³/mol. The number of aliphatic carboxylic acids is 2. The third-order valence-electron chi connectivity index (χ3n) is 1.17. The van der Waals surface area contributed by atoms with Crippen molar-refractivity contribution in [3.8, 4) is 0 Å². The van der Waals surface area contributed by atoms with Crippen LogP contribution in [-0.4, -0.2) is 22.2 Å². The highest BCUT2D eigenvalue weighted by atomic mass is 16.4. The van der Waals surface area contributed by atoms with Crippen molar-refractivity contribution in [2.24, 2.45) is 0 Å². The van der Waals surface area contributed by atoms with E-state index in [0.717, 1.165) is 5.69 Å². The second-order valence-electron chi connectivity index (χ2n) is 2.42. The first kappa shape index (κ1) is 12.7. The number of carbonyl (C=O) groups is 2. The first-order chi connectivity index (χ1) is 7.02. The Morgan fingerprint density at radius 3 is 1.60 bits per heavy atom. The molecule has 5 heteroatoms. The largest absolute Gasteiger partial charge is 0.478 e. The maximum absolute atomic E-state index is 9.55. The molecule has 0 amide bonds. The van der Waals surface area contributed by atoms with Crippen LogP contribution in [0.4, 0.5) is 5.69 Å². The molecule has 4 N–H and O–H groups in total. The molecular weight excluding hydrogens is 198 g/mol. The number of carboxylic acids is 2. The fourth-order valence-corrected chi connectivity index (χ4v) is 0.596. The van der Waals surface area contributed by atoms with Crippen LogP contribution in [0.1, 0.15) is 0 Å². The highest BCUT2D eigenvalue weighted by molar-refractivity contribution is 5.89. The van der Waals surface area contributed by atoms with Crippen LogP contribution in [-0.2, 0) is 9.59 Å². The van der Waals surface area contributed by atoms with E-state index in [-0.39, 0.29) is 0 Å². The van der Waals surface area contributed by atoms with Gasteiger partial charge in [-0.1, -0.05) is 18.2 Å². The molecule has 0 aliphatic heterocycles. The number of nitrogens with two attached hydrogens (primary N) is 1. The number of carboxylic acid groups (broad SMARTS) is 2. The summed E-state index contributed by atoms with van der Waals surface area (Å²) in [5, 5.41) is 15.6. The minimum Gasteiger partial charge on any atom is -0.478 e. The molecule has 0 saturated heterocycles. The predicted octanol–water partition coefficient (Wildman–Crippen LogP) is 0.981. The Bertz CT molecular complexity index is 330. The van der Waals surface area contributed by atoms with Crippen molar-refractivity contribution in [1.82, 2.24) is 0 Å². The molecule has 80 valence electrons. The van der Waals surface area contributed by atoms with Crippen LogP contribution in [0, 0.1) is 0 Å². The molecule has 0 aliphatic carbocycles. The molecule has 0 aliphatic rings. The van der Waals surface area contributed by atoms with Crippen LogP contribution in [0.15, 0.2) is 42.5 Å². The topological polar surface area (TPSA) is 101 Å². The summed E-state index contributed by atoms with van der Waals surface area (Å²) in [5.74, 6) is -2.51. The molecular formula is C10H11NO4. The van der Waals surface area contributed by atoms with E-state index in [4.69, 9.17) is 15.9 Å². The van der Waals surface area contributed by atoms with Gasteiger partial charge in [0.05, 0.1) is 0 Å². The summed E-state index contributed by atoms with van der Waals surface area (Å²) >= 11 is 0. The molecule has 1 aromatic rings. The molecule has 0 radical (unpaired) electrons. The van der Waals surface area contributed by atoms with Gasteiger partial charge in [-0.25, -0.2) is 9.59 Å². The first-order valence-corrected chi connectivity index (χ1v) is 3.97. The first-order valence-electron chi connectivity index (χ1n) is 3.97. The summed E-state index contributed by atoms with van der Waals surface area (Å²) in [6, 6.07) is 9.49. The van der Waals surface area contributed by atoms with Crippen LogP contribution in [0.5, 0.6) is 0 Å². The van der Waals surface area contributed by atoms with E-state index in [9.17, 15) is 9.59 Å². The van der Waals surface area contributed by atoms with Crippen molar-refractivity contribution in [2.45, 2.75) is 0 Å². The van der Waals surface area contributed by atoms with Crippen molar-refractivity contribution < 1.29 is 19.8 Å². The molecule has 0 atom stereocenters. The standard InChI is InChI=1S/C6H7N.C4H4O4/c7-6-4-2-1-3-5-6;5-3(6)1-2-4(7)8/h1-5H,7H2;1-2H,(H,5,6)(H,7,8). The second kappa shape index (κ2) is 7.14. The summed E-state index contributed by atoms with van der Waals surface area (Å²) in [6.07, 6.45) is 1.12. The van der Waals surface area contributed by atoms with Gasteiger partial charge in [0, 0.05) is 17.8 Å². The Balaban J connectivity index is 0.000000262. The van der Waals surface area contributed by atoms with E-state index in [1.807, 2.05) is 30.3 Å². The Morgan fingerprint density at radius 1 is 1.00 bits per heavy atom. The van der Waals surface area contributed by atoms with Gasteiger partial charge in [-0.05, 0) is 12.1 Å². The summed E-state index contributed by atoms with van der Waals surface area (Å²) in [4.78, 5) is 19.1. The number of hydrogen-bond donors (Lipinski definition) is 3. The molecule has 1 aromatic carbocycles. The monoisotopic (exact) mass is 209 g/mol. The Kier molecular flexibility index (Phi) is 6.04. The smallest absolute Gasteiger partial charge is 0.328 e. The van der Waals surface area contributed by atoms with E-state index in [1.54, 1.807) is 0 Å². The van der Waals surface area contributed by atoms with E-state index in [2.05, 4.69) is 0 Å². The molecule has 0 unspecified atom stereocenters. The molecule has 0 fully saturated rings. The zero-order valence-electron chi connectivity index (χ0n) is 7.83. The van der Waals surface area contributed by atoms with E-state index >= 15 is 0 Å². The number of benzene rings is 1. The molecule has 0 heterocycles. The number of anilines is 1. The van der Waals surface area contributed by atoms with Gasteiger partial charge in [-0.2, -0.15) is 0 Å². The SMILES string of the molecule is Nc1ccccc1.O=C(O)C=CC(=O)O. The average molecular weight is 209 g/mol. The molecule has 0 aromatic heterocycles. The molecule has 5 nitrogen and oxygen atoms in total. The average Bonchev–Trinajstić information content (AvgIpc) is 2.17. The fourth-order valence-electron chi connectivity index (χ4n) is 0.596. The molecule has 1 rings (SSSR count). The molecule has 0 saturated carbocycles. The zero-order valence-corrected chi connectivity index (χ0v) is 7.83. The Labute approximate surface area is 86.5 Å². The van der Waals surface area contributed by atoms with E-state index < -0.39 is 11.9 Å². The van der Waals surface area contributed by atoms with Crippen molar-refractivity contribution in [3.05, 3.63) is 42.5 Å². The fraction of sp³-hybridized carbons (Fsp3) is 0. The van der Waals surface area contributed by atoms with E-state index in [1.165, 1.54) is 0 Å². The van der Waals surface area contributed by atoms with Crippen LogP contribution < -0.4 is 5.73 Å². The van der Waals surface area contributed by atoms with Crippen molar-refractivity contribution in [2.75, 3.05) is 5.73 Å². The summed E-state index contributed by atoms with van der Waals surface area (Å²) in [7, 11) is 0. The molecule has 0 spiro atoms. The van der Waals surface area contributed by atoms with Crippen LogP contribution in [0.2, 0.25) is 0 Å². The Morgan fingerprint density at radius 2 is 1.40 bits per heavy atom. The van der Waals surface area contributed by atoms with Gasteiger partial charge in [0.1, 0.15) is 0 Å². The quantitative estimate of drug-likeness (QED) is 0.498. The van der Waals surface area contributed by atoms with Crippen LogP contribution in [0.3, 0.4) is 0 Å². The number of hydrogen-bond acceptors (Lipinski definition) is 3. The van der Waals surface area contributed by atoms with Gasteiger partial charge in [0.15, 0.2) is 0 Å². The summed E-state index contributed by atoms with van der Waals surface area (Å²) in [6.45, 7) is 0. The normalized spacial score (nSPS) is 9.07. The lowest BCUT2D eigenvalue weighted by Gasteiger charge is -1.83. The van der Waals surface area contributed by atoms with Crippen molar-refractivity contribution in [3.63, 3.8) is 0 Å². The van der Waals surface area contributed by atoms with Gasteiger partial charge < -0.3 is 15.9 Å². The van der Waals surface area contributed by atoms with Gasteiger partial charge >= 0.3 is 11.9 Å². The summed E-state index contributed by atoms with van der Waals surface area (Å²) in [5.41, 5.74) is 6.18. The van der Waals surface area contributed by atoms with E-state index in [0.29, 0.717) is 12.2 Å². The van der Waals surface area contributed by atoms with Crippen molar-refractivity contribution in [1.29, 1.82) is 0 Å². The van der Waals surface area contributed by atoms with Gasteiger partial charge in [0.25, 0.3) is 0 Å². The highest BCUT2D eigenvalue weighted by Gasteiger charge is 1.88. The second-order valence-corrected chi connectivity index (χ2v) is 2.42. The van der Waals surface area contributed by atoms with Crippen LogP contribution >= 0.6 is 0 Å². The minimum atomic E-state index is -1.26. The minimum absolute atomic E-state index is 0.558. The third kappa shape index (κ3) is 9.62.